The van der Waals surface area contributed by atoms with Crippen molar-refractivity contribution in [2.45, 2.75) is 13.1 Å². The second-order valence-electron chi connectivity index (χ2n) is 7.96. The smallest absolute Gasteiger partial charge is 0.293 e. The maximum Gasteiger partial charge on any atom is 0.293 e. The summed E-state index contributed by atoms with van der Waals surface area (Å²) in [6.07, 6.45) is 3.77. The monoisotopic (exact) mass is 522 g/mol. The second-order valence-corrected chi connectivity index (χ2v) is 9.79. The molecule has 4 aromatic rings. The number of benzene rings is 3. The van der Waals surface area contributed by atoms with E-state index in [0.29, 0.717) is 28.1 Å². The quantitative estimate of drug-likeness (QED) is 0.239. The first-order valence-corrected chi connectivity index (χ1v) is 12.5. The minimum Gasteiger partial charge on any atom is -0.492 e. The molecule has 3 aromatic carbocycles. The van der Waals surface area contributed by atoms with E-state index in [4.69, 9.17) is 27.9 Å². The molecule has 0 atom stereocenters. The number of aromatic nitrogens is 1. The number of imide groups is 1. The Hall–Kier alpha value is -3.19. The van der Waals surface area contributed by atoms with Crippen LogP contribution in [0.2, 0.25) is 10.0 Å². The number of thioether (sulfide) groups is 1. The molecule has 1 aromatic heterocycles. The molecule has 176 valence electrons. The third-order valence-electron chi connectivity index (χ3n) is 5.68. The maximum absolute atomic E-state index is 13.1. The number of para-hydroxylation sites is 1. The van der Waals surface area contributed by atoms with Crippen molar-refractivity contribution in [3.05, 3.63) is 105 Å². The van der Waals surface area contributed by atoms with Crippen molar-refractivity contribution < 1.29 is 14.3 Å². The van der Waals surface area contributed by atoms with Crippen LogP contribution in [0.5, 0.6) is 5.75 Å². The summed E-state index contributed by atoms with van der Waals surface area (Å²) in [5.41, 5.74) is 2.62. The highest BCUT2D eigenvalue weighted by Crippen LogP contribution is 2.35. The fourth-order valence-electron chi connectivity index (χ4n) is 3.94. The Balaban J connectivity index is 1.36. The summed E-state index contributed by atoms with van der Waals surface area (Å²) in [6, 6.07) is 22.4. The highest BCUT2D eigenvalue weighted by atomic mass is 35.5. The van der Waals surface area contributed by atoms with Crippen LogP contribution in [0.4, 0.5) is 4.79 Å². The minimum absolute atomic E-state index is 0.144. The molecule has 0 aliphatic carbocycles. The molecule has 5 rings (SSSR count). The highest BCUT2D eigenvalue weighted by molar-refractivity contribution is 8.18. The van der Waals surface area contributed by atoms with E-state index in [1.54, 1.807) is 24.3 Å². The van der Waals surface area contributed by atoms with Crippen LogP contribution in [0.1, 0.15) is 11.1 Å². The van der Waals surface area contributed by atoms with Crippen LogP contribution in [0.15, 0.2) is 83.9 Å². The number of ether oxygens (including phenoxy) is 1. The topological polar surface area (TPSA) is 51.5 Å². The Bertz CT molecular complexity index is 1450. The molecule has 8 heteroatoms. The van der Waals surface area contributed by atoms with E-state index in [2.05, 4.69) is 4.57 Å². The summed E-state index contributed by atoms with van der Waals surface area (Å²) in [7, 11) is 0. The van der Waals surface area contributed by atoms with E-state index >= 15 is 0 Å². The molecule has 1 aliphatic rings. The molecule has 1 saturated heterocycles. The molecule has 2 amide bonds. The van der Waals surface area contributed by atoms with Crippen molar-refractivity contribution >= 4 is 63.1 Å². The molecule has 5 nitrogen and oxygen atoms in total. The predicted molar refractivity (Wildman–Crippen MR) is 142 cm³/mol. The number of amides is 2. The number of hydrogen-bond donors (Lipinski definition) is 0. The van der Waals surface area contributed by atoms with Gasteiger partial charge in [-0.1, -0.05) is 59.6 Å². The zero-order chi connectivity index (χ0) is 24.4. The van der Waals surface area contributed by atoms with Crippen LogP contribution in [0, 0.1) is 0 Å². The van der Waals surface area contributed by atoms with Gasteiger partial charge in [0, 0.05) is 32.7 Å². The van der Waals surface area contributed by atoms with Gasteiger partial charge in [0.15, 0.2) is 0 Å². The van der Waals surface area contributed by atoms with E-state index < -0.39 is 0 Å². The summed E-state index contributed by atoms with van der Waals surface area (Å²) >= 11 is 13.1. The summed E-state index contributed by atoms with van der Waals surface area (Å²) in [5.74, 6) is 0.432. The Morgan fingerprint density at radius 3 is 2.46 bits per heavy atom. The van der Waals surface area contributed by atoms with Gasteiger partial charge in [0.1, 0.15) is 12.4 Å². The van der Waals surface area contributed by atoms with Crippen molar-refractivity contribution in [3.63, 3.8) is 0 Å². The lowest BCUT2D eigenvalue weighted by molar-refractivity contribution is -0.123. The van der Waals surface area contributed by atoms with Gasteiger partial charge >= 0.3 is 0 Å². The number of rotatable bonds is 7. The first-order chi connectivity index (χ1) is 17.0. The lowest BCUT2D eigenvalue weighted by Gasteiger charge is -2.13. The number of fused-ring (bicyclic) bond motifs is 1. The van der Waals surface area contributed by atoms with Crippen molar-refractivity contribution in [1.29, 1.82) is 0 Å². The fourth-order valence-corrected chi connectivity index (χ4v) is 5.09. The van der Waals surface area contributed by atoms with Gasteiger partial charge in [-0.2, -0.15) is 0 Å². The number of halogens is 2. The number of nitrogens with zero attached hydrogens (tertiary/aromatic N) is 2. The van der Waals surface area contributed by atoms with Crippen LogP contribution in [0.3, 0.4) is 0 Å². The Morgan fingerprint density at radius 1 is 0.914 bits per heavy atom. The Kier molecular flexibility index (Phi) is 6.86. The van der Waals surface area contributed by atoms with Crippen molar-refractivity contribution in [2.24, 2.45) is 0 Å². The van der Waals surface area contributed by atoms with E-state index in [9.17, 15) is 9.59 Å². The molecular weight excluding hydrogens is 503 g/mol. The Labute approximate surface area is 216 Å². The van der Waals surface area contributed by atoms with Gasteiger partial charge in [-0.25, -0.2) is 0 Å². The minimum atomic E-state index is -0.317. The van der Waals surface area contributed by atoms with E-state index in [-0.39, 0.29) is 17.7 Å². The first-order valence-electron chi connectivity index (χ1n) is 10.9. The molecular formula is C27H20Cl2N2O3S. The molecule has 2 heterocycles. The summed E-state index contributed by atoms with van der Waals surface area (Å²) < 4.78 is 7.94. The first kappa shape index (κ1) is 23.5. The molecule has 0 unspecified atom stereocenters. The number of hydrogen-bond acceptors (Lipinski definition) is 4. The third-order valence-corrected chi connectivity index (χ3v) is 7.21. The van der Waals surface area contributed by atoms with Gasteiger partial charge in [-0.05, 0) is 59.8 Å². The molecule has 1 fully saturated rings. The molecule has 35 heavy (non-hydrogen) atoms. The van der Waals surface area contributed by atoms with Gasteiger partial charge in [0.05, 0.1) is 18.0 Å². The summed E-state index contributed by atoms with van der Waals surface area (Å²) in [4.78, 5) is 27.3. The molecule has 1 aliphatic heterocycles. The number of carbonyl (C=O) groups excluding carboxylic acids is 2. The van der Waals surface area contributed by atoms with Crippen LogP contribution >= 0.6 is 35.0 Å². The lowest BCUT2D eigenvalue weighted by Crippen LogP contribution is -2.27. The van der Waals surface area contributed by atoms with E-state index in [1.165, 1.54) is 4.90 Å². The standard InChI is InChI=1S/C27H20Cl2N2O3S/c28-20-9-11-21(12-10-20)34-14-13-30-16-19(22-6-2-4-8-24(22)30)15-25-26(32)31(27(33)35-25)17-18-5-1-3-7-23(18)29/h1-12,15-16H,13-14,17H2/b25-15-. The normalized spacial score (nSPS) is 14.9. The predicted octanol–water partition coefficient (Wildman–Crippen LogP) is 7.26. The van der Waals surface area contributed by atoms with E-state index in [1.807, 2.05) is 60.8 Å². The SMILES string of the molecule is O=C1S/C(=C\c2cn(CCOc3ccc(Cl)cc3)c3ccccc23)C(=O)N1Cc1ccccc1Cl. The van der Waals surface area contributed by atoms with Gasteiger partial charge in [0.2, 0.25) is 0 Å². The average Bonchev–Trinajstić information content (AvgIpc) is 3.34. The molecule has 0 saturated carbocycles. The van der Waals surface area contributed by atoms with Crippen LogP contribution in [-0.4, -0.2) is 27.2 Å². The number of carbonyl (C=O) groups is 2. The average molecular weight is 523 g/mol. The van der Waals surface area contributed by atoms with Crippen LogP contribution < -0.4 is 4.74 Å². The zero-order valence-corrected chi connectivity index (χ0v) is 20.8. The molecule has 0 N–H and O–H groups in total. The zero-order valence-electron chi connectivity index (χ0n) is 18.5. The summed E-state index contributed by atoms with van der Waals surface area (Å²) in [5, 5.41) is 1.88. The highest BCUT2D eigenvalue weighted by Gasteiger charge is 2.35. The van der Waals surface area contributed by atoms with Crippen LogP contribution in [0.25, 0.3) is 17.0 Å². The van der Waals surface area contributed by atoms with Gasteiger partial charge < -0.3 is 9.30 Å². The molecule has 0 spiro atoms. The molecule has 0 radical (unpaired) electrons. The second kappa shape index (κ2) is 10.2. The third kappa shape index (κ3) is 5.10. The van der Waals surface area contributed by atoms with Gasteiger partial charge in [-0.3, -0.25) is 14.5 Å². The van der Waals surface area contributed by atoms with E-state index in [0.717, 1.165) is 39.5 Å². The van der Waals surface area contributed by atoms with Gasteiger partial charge in [-0.15, -0.1) is 0 Å². The maximum atomic E-state index is 13.1. The van der Waals surface area contributed by atoms with Crippen LogP contribution in [-0.2, 0) is 17.9 Å². The summed E-state index contributed by atoms with van der Waals surface area (Å²) in [6.45, 7) is 1.23. The van der Waals surface area contributed by atoms with Crippen molar-refractivity contribution in [2.75, 3.05) is 6.61 Å². The van der Waals surface area contributed by atoms with Crippen molar-refractivity contribution in [1.82, 2.24) is 9.47 Å². The fraction of sp³-hybridized carbons (Fsp3) is 0.111. The largest absolute Gasteiger partial charge is 0.492 e. The molecule has 0 bridgehead atoms. The van der Waals surface area contributed by atoms with Gasteiger partial charge in [0.25, 0.3) is 11.1 Å². The van der Waals surface area contributed by atoms with Crippen molar-refractivity contribution in [3.8, 4) is 5.75 Å². The Morgan fingerprint density at radius 2 is 1.66 bits per heavy atom. The lowest BCUT2D eigenvalue weighted by atomic mass is 10.1.